The molecule has 0 spiro atoms. The Bertz CT molecular complexity index is 515. The lowest BCUT2D eigenvalue weighted by Crippen LogP contribution is -2.15. The van der Waals surface area contributed by atoms with E-state index in [2.05, 4.69) is 13.8 Å². The molecule has 30 heavy (non-hydrogen) atoms. The Labute approximate surface area is 195 Å². The van der Waals surface area contributed by atoms with Crippen molar-refractivity contribution in [2.45, 2.75) is 90.9 Å². The monoisotopic (exact) mass is 462 g/mol. The summed E-state index contributed by atoms with van der Waals surface area (Å²) in [7, 11) is 0. The van der Waals surface area contributed by atoms with Crippen LogP contribution in [-0.2, 0) is 9.47 Å². The molecule has 1 aromatic carbocycles. The van der Waals surface area contributed by atoms with Gasteiger partial charge in [0.2, 0.25) is 0 Å². The van der Waals surface area contributed by atoms with Crippen molar-refractivity contribution in [3.8, 4) is 0 Å². The van der Waals surface area contributed by atoms with Gasteiger partial charge in [0, 0.05) is 0 Å². The van der Waals surface area contributed by atoms with E-state index in [0.717, 1.165) is 25.7 Å². The summed E-state index contributed by atoms with van der Waals surface area (Å²) < 4.78 is 10.7. The van der Waals surface area contributed by atoms with E-state index in [1.54, 1.807) is 24.3 Å². The van der Waals surface area contributed by atoms with E-state index >= 15 is 0 Å². The second-order valence-electron chi connectivity index (χ2n) is 7.35. The maximum atomic E-state index is 12.4. The van der Waals surface area contributed by atoms with Crippen LogP contribution in [0.4, 0.5) is 0 Å². The van der Waals surface area contributed by atoms with Crippen molar-refractivity contribution in [1.29, 1.82) is 0 Å². The van der Waals surface area contributed by atoms with E-state index in [4.69, 9.17) is 9.47 Å². The molecule has 0 aromatic heterocycles. The predicted octanol–water partition coefficient (Wildman–Crippen LogP) is 7.56. The van der Waals surface area contributed by atoms with Gasteiger partial charge in [-0.15, -0.1) is 24.8 Å². The number of esters is 2. The van der Waals surface area contributed by atoms with Gasteiger partial charge in [-0.05, 0) is 25.0 Å². The summed E-state index contributed by atoms with van der Waals surface area (Å²) in [5.74, 6) is -0.888. The van der Waals surface area contributed by atoms with E-state index in [1.165, 1.54) is 51.4 Å². The lowest BCUT2D eigenvalue weighted by atomic mass is 10.1. The van der Waals surface area contributed by atoms with Gasteiger partial charge in [0.25, 0.3) is 0 Å². The van der Waals surface area contributed by atoms with Crippen molar-refractivity contribution in [2.24, 2.45) is 0 Å². The van der Waals surface area contributed by atoms with Crippen molar-refractivity contribution < 1.29 is 19.1 Å². The molecule has 0 saturated heterocycles. The molecule has 1 rings (SSSR count). The highest BCUT2D eigenvalue weighted by Crippen LogP contribution is 2.14. The highest BCUT2D eigenvalue weighted by atomic mass is 35.5. The van der Waals surface area contributed by atoms with Crippen LogP contribution in [0.2, 0.25) is 0 Å². The Morgan fingerprint density at radius 2 is 0.933 bits per heavy atom. The quantitative estimate of drug-likeness (QED) is 0.187. The molecule has 0 aliphatic heterocycles. The van der Waals surface area contributed by atoms with Crippen LogP contribution in [0.25, 0.3) is 0 Å². The van der Waals surface area contributed by atoms with Crippen LogP contribution in [0.1, 0.15) is 112 Å². The van der Waals surface area contributed by atoms with E-state index in [1.807, 2.05) is 0 Å². The third kappa shape index (κ3) is 13.9. The lowest BCUT2D eigenvalue weighted by molar-refractivity contribution is 0.0450. The van der Waals surface area contributed by atoms with Crippen molar-refractivity contribution in [3.05, 3.63) is 35.4 Å². The van der Waals surface area contributed by atoms with Crippen LogP contribution in [0.5, 0.6) is 0 Å². The van der Waals surface area contributed by atoms with Gasteiger partial charge in [-0.2, -0.15) is 0 Å². The first-order valence-corrected chi connectivity index (χ1v) is 11.1. The minimum absolute atomic E-state index is 0. The molecule has 0 radical (unpaired) electrons. The van der Waals surface area contributed by atoms with E-state index in [-0.39, 0.29) is 24.8 Å². The van der Waals surface area contributed by atoms with Crippen molar-refractivity contribution in [2.75, 3.05) is 13.2 Å². The Morgan fingerprint density at radius 3 is 1.30 bits per heavy atom. The van der Waals surface area contributed by atoms with Gasteiger partial charge in [-0.25, -0.2) is 9.59 Å². The molecule has 6 heteroatoms. The zero-order chi connectivity index (χ0) is 20.5. The van der Waals surface area contributed by atoms with E-state index in [9.17, 15) is 9.59 Å². The number of hydrogen-bond acceptors (Lipinski definition) is 4. The van der Waals surface area contributed by atoms with Crippen molar-refractivity contribution in [1.82, 2.24) is 0 Å². The molecule has 0 amide bonds. The zero-order valence-corrected chi connectivity index (χ0v) is 20.3. The molecule has 0 atom stereocenters. The summed E-state index contributed by atoms with van der Waals surface area (Å²) in [6, 6.07) is 6.74. The predicted molar refractivity (Wildman–Crippen MR) is 128 cm³/mol. The first-order chi connectivity index (χ1) is 13.7. The largest absolute Gasteiger partial charge is 0.462 e. The summed E-state index contributed by atoms with van der Waals surface area (Å²) in [6.07, 6.45) is 13.6. The van der Waals surface area contributed by atoms with Crippen molar-refractivity contribution >= 4 is 36.8 Å². The van der Waals surface area contributed by atoms with Crippen LogP contribution >= 0.6 is 24.8 Å². The molecule has 0 aliphatic rings. The molecular formula is C24H40Cl2O4. The summed E-state index contributed by atoms with van der Waals surface area (Å²) in [6.45, 7) is 5.17. The molecule has 1 aromatic rings. The van der Waals surface area contributed by atoms with E-state index < -0.39 is 11.9 Å². The fourth-order valence-electron chi connectivity index (χ4n) is 3.09. The topological polar surface area (TPSA) is 52.6 Å². The molecule has 4 nitrogen and oxygen atoms in total. The minimum Gasteiger partial charge on any atom is -0.462 e. The molecular weight excluding hydrogens is 423 g/mol. The Morgan fingerprint density at radius 1 is 0.600 bits per heavy atom. The number of unbranched alkanes of at least 4 members (excludes halogenated alkanes) is 10. The highest BCUT2D eigenvalue weighted by molar-refractivity contribution is 6.03. The van der Waals surface area contributed by atoms with Crippen LogP contribution in [0, 0.1) is 0 Å². The van der Waals surface area contributed by atoms with Gasteiger partial charge in [0.1, 0.15) is 0 Å². The SMILES string of the molecule is CCCCCCCCOC(=O)c1ccccc1C(=O)OCCCCCCCC.Cl.Cl. The third-order valence-electron chi connectivity index (χ3n) is 4.83. The van der Waals surface area contributed by atoms with E-state index in [0.29, 0.717) is 24.3 Å². The smallest absolute Gasteiger partial charge is 0.339 e. The standard InChI is InChI=1S/C24H38O4.2ClH/c1-3-5-7-9-11-15-19-27-23(25)21-17-13-14-18-22(21)24(26)28-20-16-12-10-8-6-4-2;;/h13-14,17-18H,3-12,15-16,19-20H2,1-2H3;2*1H. The summed E-state index contributed by atoms with van der Waals surface area (Å²) >= 11 is 0. The molecule has 0 saturated carbocycles. The number of carbonyl (C=O) groups is 2. The normalized spacial score (nSPS) is 9.93. The number of carbonyl (C=O) groups excluding carboxylic acids is 2. The lowest BCUT2D eigenvalue weighted by Gasteiger charge is -2.10. The van der Waals surface area contributed by atoms with Gasteiger partial charge < -0.3 is 9.47 Å². The Hall–Kier alpha value is -1.26. The van der Waals surface area contributed by atoms with Crippen LogP contribution in [0.15, 0.2) is 24.3 Å². The Balaban J connectivity index is 0. The van der Waals surface area contributed by atoms with Gasteiger partial charge in [0.05, 0.1) is 24.3 Å². The maximum Gasteiger partial charge on any atom is 0.339 e. The first kappa shape index (κ1) is 30.9. The fraction of sp³-hybridized carbons (Fsp3) is 0.667. The average Bonchev–Trinajstić information content (AvgIpc) is 2.72. The molecule has 0 N–H and O–H groups in total. The van der Waals surface area contributed by atoms with Crippen molar-refractivity contribution in [3.63, 3.8) is 0 Å². The van der Waals surface area contributed by atoms with Gasteiger partial charge in [-0.1, -0.05) is 90.2 Å². The Kier molecular flexibility index (Phi) is 21.6. The maximum absolute atomic E-state index is 12.4. The number of halogens is 2. The van der Waals surface area contributed by atoms with Gasteiger partial charge >= 0.3 is 11.9 Å². The van der Waals surface area contributed by atoms with Crippen LogP contribution in [0.3, 0.4) is 0 Å². The molecule has 0 fully saturated rings. The molecule has 0 heterocycles. The van der Waals surface area contributed by atoms with Gasteiger partial charge in [-0.3, -0.25) is 0 Å². The molecule has 174 valence electrons. The summed E-state index contributed by atoms with van der Waals surface area (Å²) in [4.78, 5) is 24.7. The molecule has 0 unspecified atom stereocenters. The van der Waals surface area contributed by atoms with Crippen LogP contribution in [-0.4, -0.2) is 25.2 Å². The fourth-order valence-corrected chi connectivity index (χ4v) is 3.09. The van der Waals surface area contributed by atoms with Gasteiger partial charge in [0.15, 0.2) is 0 Å². The number of rotatable bonds is 16. The highest BCUT2D eigenvalue weighted by Gasteiger charge is 2.18. The molecule has 0 aliphatic carbocycles. The minimum atomic E-state index is -0.444. The zero-order valence-electron chi connectivity index (χ0n) is 18.7. The number of ether oxygens (including phenoxy) is 2. The summed E-state index contributed by atoms with van der Waals surface area (Å²) in [5, 5.41) is 0. The number of benzene rings is 1. The molecule has 0 bridgehead atoms. The summed E-state index contributed by atoms with van der Waals surface area (Å²) in [5.41, 5.74) is 0.586. The second-order valence-corrected chi connectivity index (χ2v) is 7.35. The van der Waals surface area contributed by atoms with Crippen LogP contribution < -0.4 is 0 Å². The number of hydrogen-bond donors (Lipinski definition) is 0. The third-order valence-corrected chi connectivity index (χ3v) is 4.83. The second kappa shape index (κ2) is 21.0. The average molecular weight is 463 g/mol. The first-order valence-electron chi connectivity index (χ1n) is 11.1.